The molecule has 1 aromatic heterocycles. The first-order chi connectivity index (χ1) is 11.6. The summed E-state index contributed by atoms with van der Waals surface area (Å²) < 4.78 is 0. The second kappa shape index (κ2) is 7.23. The number of rotatable bonds is 6. The minimum atomic E-state index is -1.02. The van der Waals surface area contributed by atoms with Gasteiger partial charge in [-0.1, -0.05) is 30.3 Å². The smallest absolute Gasteiger partial charge is 0.270 e. The van der Waals surface area contributed by atoms with Gasteiger partial charge in [0.25, 0.3) is 5.91 Å². The molecule has 0 saturated heterocycles. The first kappa shape index (κ1) is 18.9. The Balaban J connectivity index is 2.38. The summed E-state index contributed by atoms with van der Waals surface area (Å²) in [5.41, 5.74) is 2.27. The lowest BCUT2D eigenvalue weighted by Gasteiger charge is -2.29. The number of hydrogen-bond acceptors (Lipinski definition) is 3. The Morgan fingerprint density at radius 1 is 1.16 bits per heavy atom. The Morgan fingerprint density at radius 3 is 2.24 bits per heavy atom. The van der Waals surface area contributed by atoms with Gasteiger partial charge in [-0.3, -0.25) is 9.59 Å². The zero-order valence-corrected chi connectivity index (χ0v) is 15.5. The van der Waals surface area contributed by atoms with Crippen LogP contribution in [0.25, 0.3) is 0 Å². The molecule has 0 radical (unpaired) electrons. The standard InChI is InChI=1S/C20H26N2O3/c1-13-17(15(3)23)14(2)21-18(13)19(24)22(12-20(4,5)25)11-16-9-7-6-8-10-16/h6-10,21,25H,11-12H2,1-5H3. The number of benzene rings is 1. The van der Waals surface area contributed by atoms with Crippen molar-refractivity contribution >= 4 is 11.7 Å². The van der Waals surface area contributed by atoms with Crippen LogP contribution in [0.15, 0.2) is 30.3 Å². The van der Waals surface area contributed by atoms with Crippen molar-refractivity contribution in [3.8, 4) is 0 Å². The van der Waals surface area contributed by atoms with Crippen LogP contribution in [-0.4, -0.2) is 38.8 Å². The molecule has 0 aliphatic carbocycles. The zero-order valence-electron chi connectivity index (χ0n) is 15.5. The van der Waals surface area contributed by atoms with Crippen molar-refractivity contribution in [1.29, 1.82) is 0 Å². The Morgan fingerprint density at radius 2 is 1.76 bits per heavy atom. The van der Waals surface area contributed by atoms with Gasteiger partial charge in [-0.2, -0.15) is 0 Å². The van der Waals surface area contributed by atoms with Crippen LogP contribution in [0.2, 0.25) is 0 Å². The zero-order chi connectivity index (χ0) is 18.8. The molecule has 25 heavy (non-hydrogen) atoms. The number of carbonyl (C=O) groups is 2. The average molecular weight is 342 g/mol. The first-order valence-electron chi connectivity index (χ1n) is 8.36. The number of nitrogens with one attached hydrogen (secondary N) is 1. The number of nitrogens with zero attached hydrogens (tertiary/aromatic N) is 1. The van der Waals surface area contributed by atoms with E-state index in [0.29, 0.717) is 29.1 Å². The molecule has 1 amide bonds. The quantitative estimate of drug-likeness (QED) is 0.792. The molecule has 0 aliphatic rings. The predicted molar refractivity (Wildman–Crippen MR) is 97.8 cm³/mol. The molecule has 0 atom stereocenters. The van der Waals surface area contributed by atoms with E-state index < -0.39 is 5.60 Å². The maximum Gasteiger partial charge on any atom is 0.270 e. The Bertz CT molecular complexity index is 770. The van der Waals surface area contributed by atoms with Gasteiger partial charge in [-0.15, -0.1) is 0 Å². The number of aromatic nitrogens is 1. The van der Waals surface area contributed by atoms with Crippen molar-refractivity contribution in [3.63, 3.8) is 0 Å². The summed E-state index contributed by atoms with van der Waals surface area (Å²) in [4.78, 5) is 29.6. The van der Waals surface area contributed by atoms with Crippen LogP contribution in [0.1, 0.15) is 58.4 Å². The molecule has 5 nitrogen and oxygen atoms in total. The largest absolute Gasteiger partial charge is 0.389 e. The number of ketones is 1. The van der Waals surface area contributed by atoms with E-state index in [1.807, 2.05) is 30.3 Å². The summed E-state index contributed by atoms with van der Waals surface area (Å²) in [5.74, 6) is -0.290. The second-order valence-electron chi connectivity index (χ2n) is 7.14. The molecular formula is C20H26N2O3. The summed E-state index contributed by atoms with van der Waals surface area (Å²) in [6, 6.07) is 9.64. The van der Waals surface area contributed by atoms with E-state index in [9.17, 15) is 14.7 Å². The molecule has 0 spiro atoms. The van der Waals surface area contributed by atoms with Crippen LogP contribution < -0.4 is 0 Å². The Labute approximate surface area is 148 Å². The highest BCUT2D eigenvalue weighted by molar-refractivity contribution is 6.02. The lowest BCUT2D eigenvalue weighted by molar-refractivity contribution is 0.0277. The molecule has 0 aliphatic heterocycles. The number of hydrogen-bond donors (Lipinski definition) is 2. The van der Waals surface area contributed by atoms with Gasteiger partial charge in [-0.05, 0) is 45.7 Å². The molecule has 1 aromatic carbocycles. The third-order valence-corrected chi connectivity index (χ3v) is 4.08. The Kier molecular flexibility index (Phi) is 5.48. The number of amides is 1. The van der Waals surface area contributed by atoms with E-state index in [0.717, 1.165) is 5.56 Å². The molecule has 0 saturated carbocycles. The normalized spacial score (nSPS) is 11.4. The van der Waals surface area contributed by atoms with Gasteiger partial charge < -0.3 is 15.0 Å². The van der Waals surface area contributed by atoms with Crippen LogP contribution in [0.5, 0.6) is 0 Å². The van der Waals surface area contributed by atoms with Crippen LogP contribution in [0.4, 0.5) is 0 Å². The number of H-pyrrole nitrogens is 1. The Hall–Kier alpha value is -2.40. The number of aliphatic hydroxyl groups is 1. The van der Waals surface area contributed by atoms with Crippen molar-refractivity contribution in [2.45, 2.75) is 46.8 Å². The molecule has 2 rings (SSSR count). The van der Waals surface area contributed by atoms with Gasteiger partial charge >= 0.3 is 0 Å². The fourth-order valence-electron chi connectivity index (χ4n) is 3.12. The number of Topliss-reactive ketones (excluding diaryl/α,β-unsaturated/α-hetero) is 1. The van der Waals surface area contributed by atoms with Crippen LogP contribution in [0, 0.1) is 13.8 Å². The molecule has 0 bridgehead atoms. The molecule has 0 unspecified atom stereocenters. The molecular weight excluding hydrogens is 316 g/mol. The summed E-state index contributed by atoms with van der Waals surface area (Å²) in [6.45, 7) is 8.98. The van der Waals surface area contributed by atoms with E-state index in [1.54, 1.807) is 32.6 Å². The molecule has 0 fully saturated rings. The van der Waals surface area contributed by atoms with Gasteiger partial charge in [0.05, 0.1) is 5.60 Å². The van der Waals surface area contributed by atoms with Crippen LogP contribution in [-0.2, 0) is 6.54 Å². The van der Waals surface area contributed by atoms with Crippen LogP contribution in [0.3, 0.4) is 0 Å². The van der Waals surface area contributed by atoms with Gasteiger partial charge in [-0.25, -0.2) is 0 Å². The molecule has 2 aromatic rings. The maximum atomic E-state index is 13.1. The highest BCUT2D eigenvalue weighted by atomic mass is 16.3. The fourth-order valence-corrected chi connectivity index (χ4v) is 3.12. The van der Waals surface area contributed by atoms with Crippen molar-refractivity contribution in [1.82, 2.24) is 9.88 Å². The van der Waals surface area contributed by atoms with E-state index in [4.69, 9.17) is 0 Å². The molecule has 1 heterocycles. The SMILES string of the molecule is CC(=O)c1c(C)[nH]c(C(=O)N(Cc2ccccc2)CC(C)(C)O)c1C. The summed E-state index contributed by atoms with van der Waals surface area (Å²) in [5, 5.41) is 10.2. The number of carbonyl (C=O) groups excluding carboxylic acids is 2. The highest BCUT2D eigenvalue weighted by Gasteiger charge is 2.27. The van der Waals surface area contributed by atoms with E-state index in [-0.39, 0.29) is 18.2 Å². The molecule has 134 valence electrons. The third kappa shape index (κ3) is 4.57. The number of aryl methyl sites for hydroxylation is 1. The van der Waals surface area contributed by atoms with E-state index >= 15 is 0 Å². The van der Waals surface area contributed by atoms with Gasteiger partial charge in [0.15, 0.2) is 5.78 Å². The summed E-state index contributed by atoms with van der Waals surface area (Å²) >= 11 is 0. The average Bonchev–Trinajstić information content (AvgIpc) is 2.80. The predicted octanol–water partition coefficient (Wildman–Crippen LogP) is 3.25. The summed E-state index contributed by atoms with van der Waals surface area (Å²) in [7, 11) is 0. The highest BCUT2D eigenvalue weighted by Crippen LogP contribution is 2.22. The maximum absolute atomic E-state index is 13.1. The summed E-state index contributed by atoms with van der Waals surface area (Å²) in [6.07, 6.45) is 0. The van der Waals surface area contributed by atoms with Gasteiger partial charge in [0.1, 0.15) is 5.69 Å². The van der Waals surface area contributed by atoms with Crippen LogP contribution >= 0.6 is 0 Å². The van der Waals surface area contributed by atoms with Gasteiger partial charge in [0.2, 0.25) is 0 Å². The first-order valence-corrected chi connectivity index (χ1v) is 8.36. The van der Waals surface area contributed by atoms with Gasteiger partial charge in [0, 0.05) is 24.3 Å². The van der Waals surface area contributed by atoms with Crippen molar-refractivity contribution in [3.05, 3.63) is 58.4 Å². The lowest BCUT2D eigenvalue weighted by Crippen LogP contribution is -2.42. The molecule has 2 N–H and O–H groups in total. The minimum Gasteiger partial charge on any atom is -0.389 e. The monoisotopic (exact) mass is 342 g/mol. The number of aromatic amines is 1. The lowest BCUT2D eigenvalue weighted by atomic mass is 10.0. The van der Waals surface area contributed by atoms with E-state index in [1.165, 1.54) is 6.92 Å². The fraction of sp³-hybridized carbons (Fsp3) is 0.400. The van der Waals surface area contributed by atoms with Crippen molar-refractivity contribution < 1.29 is 14.7 Å². The van der Waals surface area contributed by atoms with E-state index in [2.05, 4.69) is 4.98 Å². The second-order valence-corrected chi connectivity index (χ2v) is 7.14. The third-order valence-electron chi connectivity index (χ3n) is 4.08. The topological polar surface area (TPSA) is 73.4 Å². The van der Waals surface area contributed by atoms with Crippen molar-refractivity contribution in [2.75, 3.05) is 6.54 Å². The molecule has 5 heteroatoms. The van der Waals surface area contributed by atoms with Crippen molar-refractivity contribution in [2.24, 2.45) is 0 Å². The minimum absolute atomic E-state index is 0.0672.